The first-order valence-corrected chi connectivity index (χ1v) is 4.12. The highest BCUT2D eigenvalue weighted by molar-refractivity contribution is 5.28. The van der Waals surface area contributed by atoms with Gasteiger partial charge in [-0.1, -0.05) is 18.2 Å². The van der Waals surface area contributed by atoms with E-state index in [1.807, 2.05) is 0 Å². The van der Waals surface area contributed by atoms with Gasteiger partial charge < -0.3 is 0 Å². The summed E-state index contributed by atoms with van der Waals surface area (Å²) in [5.41, 5.74) is 1.45. The van der Waals surface area contributed by atoms with Gasteiger partial charge in [-0.05, 0) is 31.1 Å². The van der Waals surface area contributed by atoms with Crippen LogP contribution in [0.5, 0.6) is 0 Å². The Morgan fingerprint density at radius 1 is 1.45 bits per heavy atom. The Morgan fingerprint density at radius 3 is 2.64 bits per heavy atom. The molecule has 0 saturated heterocycles. The predicted molar refractivity (Wildman–Crippen MR) is 43.7 cm³/mol. The van der Waals surface area contributed by atoms with Crippen molar-refractivity contribution >= 4 is 0 Å². The molecule has 2 aliphatic rings. The molecule has 0 radical (unpaired) electrons. The molecule has 56 valence electrons. The minimum atomic E-state index is 0.473. The molecule has 1 spiro atoms. The molecule has 1 atom stereocenters. The minimum Gasteiger partial charge on any atom is -0.193 e. The first kappa shape index (κ1) is 6.67. The van der Waals surface area contributed by atoms with E-state index in [9.17, 15) is 0 Å². The van der Waals surface area contributed by atoms with Crippen LogP contribution in [-0.2, 0) is 0 Å². The number of rotatable bonds is 0. The van der Waals surface area contributed by atoms with Gasteiger partial charge in [-0.15, -0.1) is 0 Å². The van der Waals surface area contributed by atoms with Gasteiger partial charge in [0, 0.05) is 5.57 Å². The van der Waals surface area contributed by atoms with Gasteiger partial charge in [0.25, 0.3) is 0 Å². The summed E-state index contributed by atoms with van der Waals surface area (Å²) in [6.07, 6.45) is 11.1. The molecule has 0 aromatic rings. The highest BCUT2D eigenvalue weighted by Gasteiger charge is 2.32. The van der Waals surface area contributed by atoms with Crippen LogP contribution in [0.3, 0.4) is 0 Å². The first-order chi connectivity index (χ1) is 5.35. The second kappa shape index (κ2) is 2.23. The average molecular weight is 145 g/mol. The third-order valence-corrected chi connectivity index (χ3v) is 2.79. The summed E-state index contributed by atoms with van der Waals surface area (Å²) >= 11 is 0. The van der Waals surface area contributed by atoms with Crippen molar-refractivity contribution in [2.45, 2.75) is 25.7 Å². The van der Waals surface area contributed by atoms with Crippen LogP contribution < -0.4 is 0 Å². The summed E-state index contributed by atoms with van der Waals surface area (Å²) in [4.78, 5) is 0. The molecule has 1 heteroatoms. The fourth-order valence-electron chi connectivity index (χ4n) is 1.80. The molecular weight excluding hydrogens is 134 g/mol. The normalized spacial score (nSPS) is 34.3. The summed E-state index contributed by atoms with van der Waals surface area (Å²) in [7, 11) is 0. The fourth-order valence-corrected chi connectivity index (χ4v) is 1.80. The van der Waals surface area contributed by atoms with Crippen LogP contribution in [0.1, 0.15) is 25.7 Å². The van der Waals surface area contributed by atoms with Crippen molar-refractivity contribution in [3.63, 3.8) is 0 Å². The molecule has 1 unspecified atom stereocenters. The maximum atomic E-state index is 8.62. The summed E-state index contributed by atoms with van der Waals surface area (Å²) in [6, 6.07) is 2.23. The highest BCUT2D eigenvalue weighted by Crippen LogP contribution is 2.45. The molecule has 0 fully saturated rings. The lowest BCUT2D eigenvalue weighted by Gasteiger charge is -2.37. The minimum absolute atomic E-state index is 0.473. The molecule has 0 aliphatic heterocycles. The SMILES string of the molecule is N#CC1=CCC2(C=CC2)CC1. The van der Waals surface area contributed by atoms with E-state index in [1.165, 1.54) is 12.8 Å². The van der Waals surface area contributed by atoms with Crippen molar-refractivity contribution in [2.75, 3.05) is 0 Å². The van der Waals surface area contributed by atoms with Crippen LogP contribution >= 0.6 is 0 Å². The van der Waals surface area contributed by atoms with Gasteiger partial charge in [-0.25, -0.2) is 0 Å². The average Bonchev–Trinajstić information content (AvgIpc) is 2.02. The van der Waals surface area contributed by atoms with E-state index in [-0.39, 0.29) is 0 Å². The number of allylic oxidation sites excluding steroid dienone is 4. The molecule has 2 rings (SSSR count). The number of hydrogen-bond donors (Lipinski definition) is 0. The number of hydrogen-bond acceptors (Lipinski definition) is 1. The lowest BCUT2D eigenvalue weighted by Crippen LogP contribution is -2.24. The third kappa shape index (κ3) is 0.991. The van der Waals surface area contributed by atoms with E-state index < -0.39 is 0 Å². The smallest absolute Gasteiger partial charge is 0.0943 e. The maximum absolute atomic E-state index is 8.62. The van der Waals surface area contributed by atoms with E-state index >= 15 is 0 Å². The highest BCUT2D eigenvalue weighted by atomic mass is 14.4. The summed E-state index contributed by atoms with van der Waals surface area (Å²) < 4.78 is 0. The van der Waals surface area contributed by atoms with Crippen LogP contribution in [0.15, 0.2) is 23.8 Å². The largest absolute Gasteiger partial charge is 0.193 e. The van der Waals surface area contributed by atoms with Crippen LogP contribution in [0, 0.1) is 16.7 Å². The molecule has 0 saturated carbocycles. The van der Waals surface area contributed by atoms with Crippen LogP contribution in [0.25, 0.3) is 0 Å². The Hall–Kier alpha value is -1.03. The molecule has 0 heterocycles. The van der Waals surface area contributed by atoms with Crippen molar-refractivity contribution in [2.24, 2.45) is 5.41 Å². The zero-order chi connectivity index (χ0) is 7.73. The van der Waals surface area contributed by atoms with Crippen LogP contribution in [0.4, 0.5) is 0 Å². The van der Waals surface area contributed by atoms with Gasteiger partial charge in [-0.3, -0.25) is 0 Å². The Balaban J connectivity index is 2.12. The van der Waals surface area contributed by atoms with Crippen LogP contribution in [0.2, 0.25) is 0 Å². The Kier molecular flexibility index (Phi) is 1.35. The molecule has 0 amide bonds. The van der Waals surface area contributed by atoms with Gasteiger partial charge in [-0.2, -0.15) is 5.26 Å². The van der Waals surface area contributed by atoms with Gasteiger partial charge in [0.05, 0.1) is 6.07 Å². The van der Waals surface area contributed by atoms with E-state index in [1.54, 1.807) is 0 Å². The number of nitrogens with zero attached hydrogens (tertiary/aromatic N) is 1. The van der Waals surface area contributed by atoms with Crippen molar-refractivity contribution in [1.82, 2.24) is 0 Å². The number of nitriles is 1. The Morgan fingerprint density at radius 2 is 2.27 bits per heavy atom. The quantitative estimate of drug-likeness (QED) is 0.480. The lowest BCUT2D eigenvalue weighted by molar-refractivity contribution is 0.313. The third-order valence-electron chi connectivity index (χ3n) is 2.79. The molecule has 1 nitrogen and oxygen atoms in total. The standard InChI is InChI=1S/C10H11N/c11-8-9-2-6-10(7-3-9)4-1-5-10/h1-2,4H,3,5-7H2. The summed E-state index contributed by atoms with van der Waals surface area (Å²) in [5.74, 6) is 0. The van der Waals surface area contributed by atoms with Crippen molar-refractivity contribution in [1.29, 1.82) is 5.26 Å². The molecule has 0 N–H and O–H groups in total. The molecule has 2 aliphatic carbocycles. The van der Waals surface area contributed by atoms with E-state index in [4.69, 9.17) is 5.26 Å². The van der Waals surface area contributed by atoms with Gasteiger partial charge in [0.1, 0.15) is 0 Å². The Bertz CT molecular complexity index is 267. The molecule has 11 heavy (non-hydrogen) atoms. The van der Waals surface area contributed by atoms with Gasteiger partial charge >= 0.3 is 0 Å². The molecule has 0 bridgehead atoms. The van der Waals surface area contributed by atoms with Crippen LogP contribution in [-0.4, -0.2) is 0 Å². The Labute approximate surface area is 67.0 Å². The fraction of sp³-hybridized carbons (Fsp3) is 0.500. The summed E-state index contributed by atoms with van der Waals surface area (Å²) in [5, 5.41) is 8.62. The molecule has 0 aromatic heterocycles. The molecule has 0 aromatic carbocycles. The summed E-state index contributed by atoms with van der Waals surface area (Å²) in [6.45, 7) is 0. The monoisotopic (exact) mass is 145 g/mol. The van der Waals surface area contributed by atoms with Gasteiger partial charge in [0.15, 0.2) is 0 Å². The van der Waals surface area contributed by atoms with Crippen molar-refractivity contribution in [3.8, 4) is 6.07 Å². The first-order valence-electron chi connectivity index (χ1n) is 4.12. The van der Waals surface area contributed by atoms with Crippen molar-refractivity contribution < 1.29 is 0 Å². The van der Waals surface area contributed by atoms with Gasteiger partial charge in [0.2, 0.25) is 0 Å². The van der Waals surface area contributed by atoms with Crippen molar-refractivity contribution in [3.05, 3.63) is 23.8 Å². The zero-order valence-electron chi connectivity index (χ0n) is 6.51. The van der Waals surface area contributed by atoms with E-state index in [0.29, 0.717) is 5.41 Å². The second-order valence-electron chi connectivity index (χ2n) is 3.51. The zero-order valence-corrected chi connectivity index (χ0v) is 6.51. The second-order valence-corrected chi connectivity index (χ2v) is 3.51. The topological polar surface area (TPSA) is 23.8 Å². The lowest BCUT2D eigenvalue weighted by atomic mass is 9.67. The molecular formula is C10H11N. The van der Waals surface area contributed by atoms with E-state index in [2.05, 4.69) is 24.3 Å². The van der Waals surface area contributed by atoms with E-state index in [0.717, 1.165) is 18.4 Å². The maximum Gasteiger partial charge on any atom is 0.0943 e. The predicted octanol–water partition coefficient (Wildman–Crippen LogP) is 2.57.